The molecule has 1 aliphatic rings. The second-order valence-corrected chi connectivity index (χ2v) is 8.09. The number of aliphatic hydroxyl groups is 3. The molecule has 3 aromatic rings. The zero-order valence-electron chi connectivity index (χ0n) is 16.2. The number of alkyl halides is 1. The molecule has 4 N–H and O–H groups in total. The minimum absolute atomic E-state index is 0.224. The van der Waals surface area contributed by atoms with E-state index in [1.807, 2.05) is 18.2 Å². The smallest absolute Gasteiger partial charge is 0.168 e. The monoisotopic (exact) mass is 477 g/mol. The van der Waals surface area contributed by atoms with E-state index in [-0.39, 0.29) is 6.42 Å². The molecule has 0 radical (unpaired) electrons. The Hall–Kier alpha value is -2.11. The van der Waals surface area contributed by atoms with Crippen LogP contribution >= 0.6 is 15.9 Å². The molecule has 0 unspecified atom stereocenters. The highest BCUT2D eigenvalue weighted by Gasteiger charge is 2.55. The van der Waals surface area contributed by atoms with Crippen LogP contribution in [0.2, 0.25) is 0 Å². The summed E-state index contributed by atoms with van der Waals surface area (Å²) in [5.74, 6) is 0.580. The minimum Gasteiger partial charge on any atom is -0.394 e. The van der Waals surface area contributed by atoms with Gasteiger partial charge in [0.05, 0.1) is 12.9 Å². The molecule has 1 fully saturated rings. The van der Waals surface area contributed by atoms with Crippen LogP contribution in [-0.2, 0) is 11.2 Å². The second kappa shape index (κ2) is 8.94. The third kappa shape index (κ3) is 3.81. The first-order valence-electron chi connectivity index (χ1n) is 9.76. The van der Waals surface area contributed by atoms with Gasteiger partial charge in [0.1, 0.15) is 24.1 Å². The molecule has 1 aromatic carbocycles. The summed E-state index contributed by atoms with van der Waals surface area (Å²) < 4.78 is 7.38. The molecule has 4 atom stereocenters. The summed E-state index contributed by atoms with van der Waals surface area (Å²) in [6, 6.07) is 10.1. The van der Waals surface area contributed by atoms with E-state index < -0.39 is 30.6 Å². The molecule has 10 heteroatoms. The highest BCUT2D eigenvalue weighted by Crippen LogP contribution is 2.42. The van der Waals surface area contributed by atoms with Crippen molar-refractivity contribution in [2.75, 3.05) is 23.8 Å². The van der Waals surface area contributed by atoms with E-state index in [0.29, 0.717) is 28.9 Å². The first-order valence-corrected chi connectivity index (χ1v) is 10.9. The van der Waals surface area contributed by atoms with Gasteiger partial charge in [0.25, 0.3) is 0 Å². The van der Waals surface area contributed by atoms with Crippen molar-refractivity contribution >= 4 is 32.9 Å². The van der Waals surface area contributed by atoms with Crippen molar-refractivity contribution in [2.24, 2.45) is 0 Å². The molecular formula is C20H24BrN5O4. The summed E-state index contributed by atoms with van der Waals surface area (Å²) in [6.45, 7) is 0.262. The normalized spacial score (nSPS) is 26.3. The fraction of sp³-hybridized carbons (Fsp3) is 0.450. The molecule has 9 nitrogen and oxygen atoms in total. The van der Waals surface area contributed by atoms with Crippen LogP contribution in [-0.4, -0.2) is 71.1 Å². The number of benzene rings is 1. The number of halogens is 1. The lowest BCUT2D eigenvalue weighted by Gasteiger charge is -2.31. The van der Waals surface area contributed by atoms with Crippen LogP contribution in [0.25, 0.3) is 11.2 Å². The number of hydrogen-bond donors (Lipinski definition) is 4. The number of fused-ring (bicyclic) bond motifs is 1. The molecule has 1 saturated heterocycles. The van der Waals surface area contributed by atoms with Gasteiger partial charge in [0.15, 0.2) is 23.2 Å². The van der Waals surface area contributed by atoms with Crippen molar-refractivity contribution < 1.29 is 20.1 Å². The average Bonchev–Trinajstić information content (AvgIpc) is 3.29. The number of ether oxygens (including phenoxy) is 1. The molecule has 2 aromatic heterocycles. The number of aliphatic hydroxyl groups excluding tert-OH is 2. The van der Waals surface area contributed by atoms with E-state index in [0.717, 1.165) is 6.42 Å². The Labute approximate surface area is 181 Å². The van der Waals surface area contributed by atoms with Crippen LogP contribution in [0.15, 0.2) is 43.0 Å². The standard InChI is InChI=1S/C20H24BrN5O4/c21-8-7-20(29)16(28)14(10-27)30-19(20)26-12-25-15-17(23-11-24-18(15)26)22-9-6-13-4-2-1-3-5-13/h1-5,11-12,14,16,19,27-29H,6-10H2,(H,22,23,24)/t14-,16-,19-,20-/m1/s1. The number of aromatic nitrogens is 4. The van der Waals surface area contributed by atoms with Gasteiger partial charge < -0.3 is 25.4 Å². The molecule has 0 bridgehead atoms. The Bertz CT molecular complexity index is 988. The summed E-state index contributed by atoms with van der Waals surface area (Å²) in [5, 5.41) is 35.0. The topological polar surface area (TPSA) is 126 Å². The predicted octanol–water partition coefficient (Wildman–Crippen LogP) is 1.25. The van der Waals surface area contributed by atoms with Crippen LogP contribution in [0.4, 0.5) is 5.82 Å². The number of anilines is 1. The Morgan fingerprint density at radius 2 is 2.00 bits per heavy atom. The van der Waals surface area contributed by atoms with Gasteiger partial charge in [-0.3, -0.25) is 4.57 Å². The SMILES string of the molecule is OC[C@H]1O[C@@H](n2cnc3c(NCCc4ccccc4)ncnc32)[C@@](O)(CCBr)[C@@H]1O. The van der Waals surface area contributed by atoms with Gasteiger partial charge >= 0.3 is 0 Å². The Balaban J connectivity index is 1.59. The molecule has 30 heavy (non-hydrogen) atoms. The van der Waals surface area contributed by atoms with Crippen molar-refractivity contribution in [2.45, 2.75) is 36.9 Å². The van der Waals surface area contributed by atoms with Crippen molar-refractivity contribution in [1.29, 1.82) is 0 Å². The van der Waals surface area contributed by atoms with E-state index in [1.165, 1.54) is 18.2 Å². The number of nitrogens with zero attached hydrogens (tertiary/aromatic N) is 4. The van der Waals surface area contributed by atoms with E-state index in [1.54, 1.807) is 4.57 Å². The molecule has 0 aliphatic carbocycles. The lowest BCUT2D eigenvalue weighted by atomic mass is 9.91. The van der Waals surface area contributed by atoms with Crippen molar-refractivity contribution in [1.82, 2.24) is 19.5 Å². The fourth-order valence-electron chi connectivity index (χ4n) is 3.82. The van der Waals surface area contributed by atoms with Crippen molar-refractivity contribution in [3.63, 3.8) is 0 Å². The molecule has 0 amide bonds. The molecule has 1 aliphatic heterocycles. The van der Waals surface area contributed by atoms with E-state index in [4.69, 9.17) is 4.74 Å². The van der Waals surface area contributed by atoms with Crippen LogP contribution in [0.3, 0.4) is 0 Å². The van der Waals surface area contributed by atoms with Crippen molar-refractivity contribution in [3.8, 4) is 0 Å². The van der Waals surface area contributed by atoms with Gasteiger partial charge in [-0.2, -0.15) is 0 Å². The summed E-state index contributed by atoms with van der Waals surface area (Å²) in [4.78, 5) is 13.0. The Morgan fingerprint density at radius 1 is 1.20 bits per heavy atom. The highest BCUT2D eigenvalue weighted by atomic mass is 79.9. The second-order valence-electron chi connectivity index (χ2n) is 7.29. The minimum atomic E-state index is -1.60. The van der Waals surface area contributed by atoms with Crippen LogP contribution in [0, 0.1) is 0 Å². The maximum Gasteiger partial charge on any atom is 0.168 e. The summed E-state index contributed by atoms with van der Waals surface area (Å²) in [6.07, 6.45) is 0.895. The first kappa shape index (κ1) is 21.1. The van der Waals surface area contributed by atoms with Gasteiger partial charge in [-0.1, -0.05) is 46.3 Å². The average molecular weight is 478 g/mol. The van der Waals surface area contributed by atoms with Gasteiger partial charge in [0.2, 0.25) is 0 Å². The molecule has 3 heterocycles. The molecule has 4 rings (SSSR count). The highest BCUT2D eigenvalue weighted by molar-refractivity contribution is 9.09. The van der Waals surface area contributed by atoms with E-state index in [2.05, 4.69) is 48.3 Å². The van der Waals surface area contributed by atoms with E-state index in [9.17, 15) is 15.3 Å². The number of imidazole rings is 1. The zero-order chi connectivity index (χ0) is 21.1. The van der Waals surface area contributed by atoms with Gasteiger partial charge in [-0.25, -0.2) is 15.0 Å². The maximum absolute atomic E-state index is 11.2. The molecule has 0 spiro atoms. The van der Waals surface area contributed by atoms with Gasteiger partial charge in [0, 0.05) is 11.9 Å². The third-order valence-electron chi connectivity index (χ3n) is 5.43. The lowest BCUT2D eigenvalue weighted by Crippen LogP contribution is -2.47. The van der Waals surface area contributed by atoms with Gasteiger partial charge in [-0.15, -0.1) is 0 Å². The number of hydrogen-bond acceptors (Lipinski definition) is 8. The first-order chi connectivity index (χ1) is 14.6. The molecule has 0 saturated carbocycles. The van der Waals surface area contributed by atoms with E-state index >= 15 is 0 Å². The largest absolute Gasteiger partial charge is 0.394 e. The summed E-state index contributed by atoms with van der Waals surface area (Å²) in [5.41, 5.74) is 0.619. The predicted molar refractivity (Wildman–Crippen MR) is 114 cm³/mol. The molecular weight excluding hydrogens is 454 g/mol. The lowest BCUT2D eigenvalue weighted by molar-refractivity contribution is -0.108. The maximum atomic E-state index is 11.2. The Morgan fingerprint density at radius 3 is 2.73 bits per heavy atom. The molecule has 160 valence electrons. The van der Waals surface area contributed by atoms with Crippen LogP contribution in [0.5, 0.6) is 0 Å². The Kier molecular flexibility index (Phi) is 6.30. The van der Waals surface area contributed by atoms with Gasteiger partial charge in [-0.05, 0) is 18.4 Å². The number of nitrogens with one attached hydrogen (secondary N) is 1. The fourth-order valence-corrected chi connectivity index (χ4v) is 4.46. The summed E-state index contributed by atoms with van der Waals surface area (Å²) >= 11 is 3.31. The van der Waals surface area contributed by atoms with Crippen LogP contribution in [0.1, 0.15) is 18.2 Å². The zero-order valence-corrected chi connectivity index (χ0v) is 17.8. The quantitative estimate of drug-likeness (QED) is 0.357. The number of rotatable bonds is 8. The third-order valence-corrected chi connectivity index (χ3v) is 5.83. The van der Waals surface area contributed by atoms with Crippen LogP contribution < -0.4 is 5.32 Å². The summed E-state index contributed by atoms with van der Waals surface area (Å²) in [7, 11) is 0. The van der Waals surface area contributed by atoms with Crippen molar-refractivity contribution in [3.05, 3.63) is 48.5 Å².